The Hall–Kier alpha value is -2.52. The Morgan fingerprint density at radius 2 is 1.88 bits per heavy atom. The Balaban J connectivity index is 1.83. The van der Waals surface area contributed by atoms with Crippen molar-refractivity contribution in [2.24, 2.45) is 0 Å². The SMILES string of the molecule is CC[C@H](O)CCC(=O)Cc1ccc2nc(C)c(-c3ccccc3)cc2c1. The molecule has 0 spiro atoms. The number of hydrogen-bond donors (Lipinski definition) is 1. The molecule has 1 N–H and O–H groups in total. The van der Waals surface area contributed by atoms with E-state index in [0.29, 0.717) is 25.7 Å². The van der Waals surface area contributed by atoms with Gasteiger partial charge >= 0.3 is 0 Å². The number of aryl methyl sites for hydroxylation is 1. The molecule has 0 bridgehead atoms. The normalized spacial score (nSPS) is 12.3. The van der Waals surface area contributed by atoms with E-state index in [4.69, 9.17) is 4.98 Å². The number of aliphatic hydroxyl groups excluding tert-OH is 1. The van der Waals surface area contributed by atoms with Crippen LogP contribution in [0.15, 0.2) is 54.6 Å². The Kier molecular flexibility index (Phi) is 5.79. The minimum Gasteiger partial charge on any atom is -0.393 e. The highest BCUT2D eigenvalue weighted by molar-refractivity contribution is 5.87. The van der Waals surface area contributed by atoms with Gasteiger partial charge in [-0.2, -0.15) is 0 Å². The molecule has 26 heavy (non-hydrogen) atoms. The van der Waals surface area contributed by atoms with Crippen molar-refractivity contribution in [3.63, 3.8) is 0 Å². The number of fused-ring (bicyclic) bond motifs is 1. The summed E-state index contributed by atoms with van der Waals surface area (Å²) in [6.45, 7) is 3.95. The van der Waals surface area contributed by atoms with E-state index in [1.807, 2.05) is 44.2 Å². The van der Waals surface area contributed by atoms with Crippen molar-refractivity contribution in [1.82, 2.24) is 4.98 Å². The number of nitrogens with zero attached hydrogens (tertiary/aromatic N) is 1. The average molecular weight is 347 g/mol. The highest BCUT2D eigenvalue weighted by atomic mass is 16.3. The second-order valence-electron chi connectivity index (χ2n) is 6.83. The molecular weight excluding hydrogens is 322 g/mol. The van der Waals surface area contributed by atoms with Gasteiger partial charge in [-0.05, 0) is 49.1 Å². The van der Waals surface area contributed by atoms with Crippen molar-refractivity contribution in [1.29, 1.82) is 0 Å². The molecule has 0 radical (unpaired) electrons. The van der Waals surface area contributed by atoms with E-state index in [1.54, 1.807) is 0 Å². The predicted molar refractivity (Wildman–Crippen MR) is 106 cm³/mol. The van der Waals surface area contributed by atoms with E-state index >= 15 is 0 Å². The maximum atomic E-state index is 12.2. The Labute approximate surface area is 154 Å². The zero-order valence-corrected chi connectivity index (χ0v) is 15.4. The third kappa shape index (κ3) is 4.36. The number of aliphatic hydroxyl groups is 1. The summed E-state index contributed by atoms with van der Waals surface area (Å²) in [4.78, 5) is 16.9. The van der Waals surface area contributed by atoms with Crippen molar-refractivity contribution in [3.05, 3.63) is 65.9 Å². The third-order valence-corrected chi connectivity index (χ3v) is 4.78. The van der Waals surface area contributed by atoms with Crippen LogP contribution in [-0.2, 0) is 11.2 Å². The summed E-state index contributed by atoms with van der Waals surface area (Å²) in [5, 5.41) is 10.7. The molecule has 0 fully saturated rings. The summed E-state index contributed by atoms with van der Waals surface area (Å²) in [6, 6.07) is 18.4. The molecule has 3 aromatic rings. The van der Waals surface area contributed by atoms with E-state index in [0.717, 1.165) is 33.3 Å². The van der Waals surface area contributed by atoms with E-state index < -0.39 is 0 Å². The Morgan fingerprint density at radius 3 is 2.62 bits per heavy atom. The van der Waals surface area contributed by atoms with Gasteiger partial charge in [0.25, 0.3) is 0 Å². The molecule has 134 valence electrons. The first-order chi connectivity index (χ1) is 12.6. The lowest BCUT2D eigenvalue weighted by Crippen LogP contribution is -2.10. The fraction of sp³-hybridized carbons (Fsp3) is 0.304. The van der Waals surface area contributed by atoms with Crippen LogP contribution in [0.4, 0.5) is 0 Å². The van der Waals surface area contributed by atoms with Crippen molar-refractivity contribution in [2.45, 2.75) is 45.6 Å². The van der Waals surface area contributed by atoms with Gasteiger partial charge in [0, 0.05) is 29.5 Å². The standard InChI is InChI=1S/C23H25NO2/c1-3-20(25)10-11-21(26)14-17-9-12-23-19(13-17)15-22(16(2)24-23)18-7-5-4-6-8-18/h4-9,12-13,15,20,25H,3,10-11,14H2,1-2H3/t20-/m0/s1. The maximum Gasteiger partial charge on any atom is 0.137 e. The minimum atomic E-state index is -0.379. The number of Topliss-reactive ketones (excluding diaryl/α,β-unsaturated/α-hetero) is 1. The number of pyridine rings is 1. The molecule has 3 heteroatoms. The molecule has 3 nitrogen and oxygen atoms in total. The van der Waals surface area contributed by atoms with Crippen LogP contribution in [0.3, 0.4) is 0 Å². The summed E-state index contributed by atoms with van der Waals surface area (Å²) in [7, 11) is 0. The van der Waals surface area contributed by atoms with Gasteiger partial charge < -0.3 is 5.11 Å². The molecule has 0 aliphatic heterocycles. The highest BCUT2D eigenvalue weighted by Gasteiger charge is 2.10. The van der Waals surface area contributed by atoms with Crippen LogP contribution in [0.25, 0.3) is 22.0 Å². The number of carbonyl (C=O) groups is 1. The van der Waals surface area contributed by atoms with E-state index in [-0.39, 0.29) is 11.9 Å². The summed E-state index contributed by atoms with van der Waals surface area (Å²) in [5.74, 6) is 0.167. The lowest BCUT2D eigenvalue weighted by Gasteiger charge is -2.10. The monoisotopic (exact) mass is 347 g/mol. The number of aromatic nitrogens is 1. The number of hydrogen-bond acceptors (Lipinski definition) is 3. The van der Waals surface area contributed by atoms with Gasteiger partial charge in [-0.25, -0.2) is 0 Å². The second kappa shape index (κ2) is 8.24. The van der Waals surface area contributed by atoms with Crippen LogP contribution in [0.5, 0.6) is 0 Å². The Bertz CT molecular complexity index is 903. The largest absolute Gasteiger partial charge is 0.393 e. The first kappa shape index (κ1) is 18.3. The molecule has 0 aliphatic carbocycles. The van der Waals surface area contributed by atoms with Gasteiger partial charge in [-0.3, -0.25) is 9.78 Å². The van der Waals surface area contributed by atoms with Crippen molar-refractivity contribution < 1.29 is 9.90 Å². The fourth-order valence-electron chi connectivity index (χ4n) is 3.19. The highest BCUT2D eigenvalue weighted by Crippen LogP contribution is 2.26. The molecular formula is C23H25NO2. The minimum absolute atomic E-state index is 0.167. The molecule has 0 amide bonds. The van der Waals surface area contributed by atoms with Crippen LogP contribution in [0.1, 0.15) is 37.4 Å². The number of carbonyl (C=O) groups excluding carboxylic acids is 1. The zero-order chi connectivity index (χ0) is 18.5. The van der Waals surface area contributed by atoms with Gasteiger partial charge in [-0.1, -0.05) is 43.3 Å². The fourth-order valence-corrected chi connectivity index (χ4v) is 3.19. The summed E-state index contributed by atoms with van der Waals surface area (Å²) in [6.07, 6.45) is 1.68. The lowest BCUT2D eigenvalue weighted by molar-refractivity contribution is -0.119. The molecule has 1 aromatic heterocycles. The lowest BCUT2D eigenvalue weighted by atomic mass is 9.99. The van der Waals surface area contributed by atoms with Gasteiger partial charge in [0.2, 0.25) is 0 Å². The number of ketones is 1. The molecule has 3 rings (SSSR count). The summed E-state index contributed by atoms with van der Waals surface area (Å²) >= 11 is 0. The first-order valence-corrected chi connectivity index (χ1v) is 9.22. The first-order valence-electron chi connectivity index (χ1n) is 9.22. The van der Waals surface area contributed by atoms with E-state index in [1.165, 1.54) is 0 Å². The molecule has 2 aromatic carbocycles. The predicted octanol–water partition coefficient (Wildman–Crippen LogP) is 4.87. The quantitative estimate of drug-likeness (QED) is 0.663. The van der Waals surface area contributed by atoms with Gasteiger partial charge in [0.05, 0.1) is 11.6 Å². The van der Waals surface area contributed by atoms with Crippen molar-refractivity contribution in [2.75, 3.05) is 0 Å². The Morgan fingerprint density at radius 1 is 1.12 bits per heavy atom. The van der Waals surface area contributed by atoms with Crippen LogP contribution in [-0.4, -0.2) is 22.0 Å². The van der Waals surface area contributed by atoms with Gasteiger partial charge in [-0.15, -0.1) is 0 Å². The smallest absolute Gasteiger partial charge is 0.137 e. The van der Waals surface area contributed by atoms with Crippen molar-refractivity contribution >= 4 is 16.7 Å². The molecule has 0 saturated heterocycles. The molecule has 0 unspecified atom stereocenters. The maximum absolute atomic E-state index is 12.2. The third-order valence-electron chi connectivity index (χ3n) is 4.78. The molecule has 0 aliphatic rings. The average Bonchev–Trinajstić information content (AvgIpc) is 2.66. The van der Waals surface area contributed by atoms with Crippen LogP contribution in [0.2, 0.25) is 0 Å². The second-order valence-corrected chi connectivity index (χ2v) is 6.83. The van der Waals surface area contributed by atoms with E-state index in [2.05, 4.69) is 24.3 Å². The molecule has 1 atom stereocenters. The number of benzene rings is 2. The van der Waals surface area contributed by atoms with Crippen LogP contribution >= 0.6 is 0 Å². The summed E-state index contributed by atoms with van der Waals surface area (Å²) < 4.78 is 0. The van der Waals surface area contributed by atoms with Crippen LogP contribution in [0, 0.1) is 6.92 Å². The zero-order valence-electron chi connectivity index (χ0n) is 15.4. The van der Waals surface area contributed by atoms with Gasteiger partial charge in [0.1, 0.15) is 5.78 Å². The van der Waals surface area contributed by atoms with Crippen LogP contribution < -0.4 is 0 Å². The van der Waals surface area contributed by atoms with Gasteiger partial charge in [0.15, 0.2) is 0 Å². The molecule has 0 saturated carbocycles. The van der Waals surface area contributed by atoms with Crippen molar-refractivity contribution in [3.8, 4) is 11.1 Å². The van der Waals surface area contributed by atoms with E-state index in [9.17, 15) is 9.90 Å². The topological polar surface area (TPSA) is 50.2 Å². The molecule has 1 heterocycles. The number of rotatable bonds is 7. The summed E-state index contributed by atoms with van der Waals surface area (Å²) in [5.41, 5.74) is 5.21.